The predicted octanol–water partition coefficient (Wildman–Crippen LogP) is 3.86. The summed E-state index contributed by atoms with van der Waals surface area (Å²) in [5.74, 6) is -35.7. The molecule has 148 valence electrons. The van der Waals surface area contributed by atoms with E-state index in [1.165, 1.54) is 0 Å². The molecule has 0 saturated heterocycles. The van der Waals surface area contributed by atoms with Crippen molar-refractivity contribution in [2.24, 2.45) is 5.92 Å². The van der Waals surface area contributed by atoms with E-state index in [2.05, 4.69) is 4.74 Å². The summed E-state index contributed by atoms with van der Waals surface area (Å²) in [6, 6.07) is 0. The number of carbonyl (C=O) groups is 2. The molecule has 0 heterocycles. The molecular weight excluding hydrogens is 389 g/mol. The van der Waals surface area contributed by atoms with Crippen LogP contribution in [-0.2, 0) is 14.3 Å². The third-order valence-corrected chi connectivity index (χ3v) is 2.98. The zero-order valence-corrected chi connectivity index (χ0v) is 12.2. The van der Waals surface area contributed by atoms with E-state index in [4.69, 9.17) is 0 Å². The van der Waals surface area contributed by atoms with Gasteiger partial charge >= 0.3 is 35.8 Å². The normalized spacial score (nSPS) is 15.7. The van der Waals surface area contributed by atoms with Crippen molar-refractivity contribution in [3.8, 4) is 0 Å². The molecule has 1 atom stereocenters. The lowest BCUT2D eigenvalue weighted by atomic mass is 9.91. The first-order valence-electron chi connectivity index (χ1n) is 5.98. The van der Waals surface area contributed by atoms with E-state index in [1.807, 2.05) is 0 Å². The first kappa shape index (κ1) is 23.4. The lowest BCUT2D eigenvalue weighted by Crippen LogP contribution is -2.68. The van der Waals surface area contributed by atoms with E-state index in [-0.39, 0.29) is 0 Å². The second-order valence-corrected chi connectivity index (χ2v) is 4.85. The molecule has 1 unspecified atom stereocenters. The largest absolute Gasteiger partial charge is 0.469 e. The minimum Gasteiger partial charge on any atom is -0.469 e. The highest BCUT2D eigenvalue weighted by Crippen LogP contribution is 2.57. The van der Waals surface area contributed by atoms with Gasteiger partial charge in [-0.1, -0.05) is 6.92 Å². The topological polar surface area (TPSA) is 43.4 Å². The number of esters is 1. The Bertz CT molecular complexity index is 524. The molecule has 0 aromatic rings. The molecule has 0 saturated carbocycles. The van der Waals surface area contributed by atoms with Crippen LogP contribution in [0.5, 0.6) is 0 Å². The van der Waals surface area contributed by atoms with Crippen LogP contribution in [-0.4, -0.2) is 48.7 Å². The number of ketones is 1. The van der Waals surface area contributed by atoms with E-state index in [0.717, 1.165) is 0 Å². The Balaban J connectivity index is 5.88. The third-order valence-electron chi connectivity index (χ3n) is 2.98. The van der Waals surface area contributed by atoms with Gasteiger partial charge < -0.3 is 4.74 Å². The Morgan fingerprint density at radius 2 is 1.20 bits per heavy atom. The zero-order valence-electron chi connectivity index (χ0n) is 12.2. The van der Waals surface area contributed by atoms with Crippen molar-refractivity contribution >= 4 is 11.8 Å². The summed E-state index contributed by atoms with van der Waals surface area (Å²) in [5, 5.41) is 0. The molecule has 0 N–H and O–H groups in total. The molecule has 0 radical (unpaired) electrons. The van der Waals surface area contributed by atoms with E-state index in [0.29, 0.717) is 14.0 Å². The number of Topliss-reactive ketones (excluding diaryl/α,β-unsaturated/α-hetero) is 1. The van der Waals surface area contributed by atoms with Crippen LogP contribution >= 0.6 is 0 Å². The summed E-state index contributed by atoms with van der Waals surface area (Å²) in [5.41, 5.74) is 0. The first-order chi connectivity index (χ1) is 10.8. The molecule has 0 fully saturated rings. The maximum atomic E-state index is 13.3. The molecule has 0 aromatic heterocycles. The van der Waals surface area contributed by atoms with Gasteiger partial charge in [-0.15, -0.1) is 0 Å². The van der Waals surface area contributed by atoms with Gasteiger partial charge in [-0.3, -0.25) is 9.59 Å². The van der Waals surface area contributed by atoms with Crippen molar-refractivity contribution in [1.29, 1.82) is 0 Å². The number of hydrogen-bond donors (Lipinski definition) is 0. The average Bonchev–Trinajstić information content (AvgIpc) is 2.44. The van der Waals surface area contributed by atoms with Crippen molar-refractivity contribution < 1.29 is 62.6 Å². The SMILES string of the molecule is COC(=O)C(C)CC(=O)C(F)(F)C(F)(F)C(F)(F)C(F)(F)C(F)(F)F. The molecule has 25 heavy (non-hydrogen) atoms. The quantitative estimate of drug-likeness (QED) is 0.483. The Hall–Kier alpha value is -1.63. The van der Waals surface area contributed by atoms with Crippen LogP contribution in [0.4, 0.5) is 48.3 Å². The molecule has 14 heteroatoms. The molecule has 3 nitrogen and oxygen atoms in total. The minimum absolute atomic E-state index is 0.667. The maximum absolute atomic E-state index is 13.3. The van der Waals surface area contributed by atoms with Gasteiger partial charge in [-0.25, -0.2) is 0 Å². The van der Waals surface area contributed by atoms with Crippen molar-refractivity contribution in [1.82, 2.24) is 0 Å². The summed E-state index contributed by atoms with van der Waals surface area (Å²) in [6.45, 7) is 0.667. The van der Waals surface area contributed by atoms with Crippen LogP contribution in [0.25, 0.3) is 0 Å². The highest BCUT2D eigenvalue weighted by atomic mass is 19.4. The number of methoxy groups -OCH3 is 1. The Labute approximate surface area is 132 Å². The average molecular weight is 398 g/mol. The fraction of sp³-hybridized carbons (Fsp3) is 0.818. The summed E-state index contributed by atoms with van der Waals surface area (Å²) >= 11 is 0. The fourth-order valence-corrected chi connectivity index (χ4v) is 1.44. The van der Waals surface area contributed by atoms with Gasteiger partial charge in [0.25, 0.3) is 0 Å². The van der Waals surface area contributed by atoms with Gasteiger partial charge in [-0.05, 0) is 0 Å². The second-order valence-electron chi connectivity index (χ2n) is 4.85. The Kier molecular flexibility index (Phi) is 6.16. The predicted molar refractivity (Wildman–Crippen MR) is 56.6 cm³/mol. The van der Waals surface area contributed by atoms with Gasteiger partial charge in [0.2, 0.25) is 5.78 Å². The van der Waals surface area contributed by atoms with Crippen LogP contribution in [0, 0.1) is 5.92 Å². The molecule has 0 aromatic carbocycles. The van der Waals surface area contributed by atoms with E-state index in [9.17, 15) is 57.9 Å². The number of carbonyl (C=O) groups excluding carboxylic acids is 2. The molecule has 0 amide bonds. The lowest BCUT2D eigenvalue weighted by Gasteiger charge is -2.36. The lowest BCUT2D eigenvalue weighted by molar-refractivity contribution is -0.416. The highest BCUT2D eigenvalue weighted by molar-refractivity contribution is 5.90. The summed E-state index contributed by atoms with van der Waals surface area (Å²) in [7, 11) is 0.689. The standard InChI is InChI=1S/C11H9F11O3/c1-4(6(24)25-2)3-5(23)7(12,13)8(14,15)9(16,17)10(18,19)11(20,21)22/h4H,3H2,1-2H3. The smallest absolute Gasteiger partial charge is 0.460 e. The molecule has 0 rings (SSSR count). The zero-order chi connectivity index (χ0) is 20.6. The Morgan fingerprint density at radius 1 is 0.800 bits per heavy atom. The van der Waals surface area contributed by atoms with E-state index in [1.54, 1.807) is 0 Å². The van der Waals surface area contributed by atoms with Crippen LogP contribution in [0.3, 0.4) is 0 Å². The molecule has 0 bridgehead atoms. The molecular formula is C11H9F11O3. The minimum atomic E-state index is -7.66. The van der Waals surface area contributed by atoms with Gasteiger partial charge in [0.15, 0.2) is 0 Å². The third kappa shape index (κ3) is 3.66. The number of alkyl halides is 11. The van der Waals surface area contributed by atoms with Crippen LogP contribution in [0.15, 0.2) is 0 Å². The van der Waals surface area contributed by atoms with Crippen molar-refractivity contribution in [3.63, 3.8) is 0 Å². The molecule has 0 aliphatic rings. The highest BCUT2D eigenvalue weighted by Gasteiger charge is 2.88. The summed E-state index contributed by atoms with van der Waals surface area (Å²) in [6.07, 6.45) is -9.18. The van der Waals surface area contributed by atoms with Crippen molar-refractivity contribution in [2.45, 2.75) is 43.2 Å². The van der Waals surface area contributed by atoms with Gasteiger partial charge in [0.1, 0.15) is 0 Å². The number of ether oxygens (including phenoxy) is 1. The van der Waals surface area contributed by atoms with Crippen LogP contribution < -0.4 is 0 Å². The van der Waals surface area contributed by atoms with Crippen molar-refractivity contribution in [3.05, 3.63) is 0 Å². The number of halogens is 11. The van der Waals surface area contributed by atoms with E-state index >= 15 is 0 Å². The van der Waals surface area contributed by atoms with Crippen LogP contribution in [0.2, 0.25) is 0 Å². The van der Waals surface area contributed by atoms with Gasteiger partial charge in [0.05, 0.1) is 13.0 Å². The van der Waals surface area contributed by atoms with Gasteiger partial charge in [0, 0.05) is 6.42 Å². The second kappa shape index (κ2) is 6.59. The number of hydrogen-bond acceptors (Lipinski definition) is 3. The van der Waals surface area contributed by atoms with Crippen molar-refractivity contribution in [2.75, 3.05) is 7.11 Å². The summed E-state index contributed by atoms with van der Waals surface area (Å²) in [4.78, 5) is 22.0. The summed E-state index contributed by atoms with van der Waals surface area (Å²) < 4.78 is 143. The molecule has 0 aliphatic heterocycles. The van der Waals surface area contributed by atoms with Gasteiger partial charge in [-0.2, -0.15) is 48.3 Å². The molecule has 0 aliphatic carbocycles. The number of rotatable bonds is 7. The van der Waals surface area contributed by atoms with E-state index < -0.39 is 54.0 Å². The Morgan fingerprint density at radius 3 is 1.52 bits per heavy atom. The monoisotopic (exact) mass is 398 g/mol. The first-order valence-corrected chi connectivity index (χ1v) is 5.98. The fourth-order valence-electron chi connectivity index (χ4n) is 1.44. The molecule has 0 spiro atoms. The maximum Gasteiger partial charge on any atom is 0.460 e. The van der Waals surface area contributed by atoms with Crippen LogP contribution in [0.1, 0.15) is 13.3 Å².